The van der Waals surface area contributed by atoms with Crippen molar-refractivity contribution in [1.29, 1.82) is 0 Å². The lowest BCUT2D eigenvalue weighted by molar-refractivity contribution is -0.131. The molecule has 5 amide bonds. The number of carbonyl (C=O) groups is 8. The second kappa shape index (κ2) is 26.0. The van der Waals surface area contributed by atoms with E-state index < -0.39 is 60.3 Å². The van der Waals surface area contributed by atoms with Crippen LogP contribution in [0.2, 0.25) is 0 Å². The molecule has 3 aliphatic carbocycles. The first-order valence-corrected chi connectivity index (χ1v) is 25.5. The highest BCUT2D eigenvalue weighted by atomic mass is 16.6. The van der Waals surface area contributed by atoms with Crippen LogP contribution in [0, 0.1) is 0 Å². The van der Waals surface area contributed by atoms with E-state index in [-0.39, 0.29) is 43.4 Å². The largest absolute Gasteiger partial charge is 0.449 e. The summed E-state index contributed by atoms with van der Waals surface area (Å²) in [5.41, 5.74) is 13.9. The average molecular weight is 1040 g/mol. The van der Waals surface area contributed by atoms with Crippen LogP contribution in [0.5, 0.6) is 0 Å². The van der Waals surface area contributed by atoms with Crippen LogP contribution in [-0.2, 0) is 38.2 Å². The number of fused-ring (bicyclic) bond motifs is 9. The molecular weight excluding hydrogens is 979 g/mol. The Labute approximate surface area is 447 Å². The van der Waals surface area contributed by atoms with E-state index >= 15 is 0 Å². The minimum Gasteiger partial charge on any atom is -0.449 e. The molecular formula is C61H63N5O11. The zero-order valence-corrected chi connectivity index (χ0v) is 43.7. The van der Waals surface area contributed by atoms with E-state index in [0.29, 0.717) is 12.6 Å². The van der Waals surface area contributed by atoms with Crippen molar-refractivity contribution in [2.24, 2.45) is 0 Å². The first kappa shape index (κ1) is 55.8. The summed E-state index contributed by atoms with van der Waals surface area (Å²) in [6.07, 6.45) is -0.521. The Bertz CT molecular complexity index is 2880. The maximum absolute atomic E-state index is 12.4. The van der Waals surface area contributed by atoms with E-state index in [1.54, 1.807) is 20.8 Å². The monoisotopic (exact) mass is 1040 g/mol. The van der Waals surface area contributed by atoms with Crippen LogP contribution >= 0.6 is 0 Å². The normalized spacial score (nSPS) is 14.3. The van der Waals surface area contributed by atoms with Gasteiger partial charge < -0.3 is 50.4 Å². The number of benzene rings is 6. The van der Waals surface area contributed by atoms with Gasteiger partial charge in [-0.15, -0.1) is 0 Å². The number of ether oxygens (including phenoxy) is 3. The van der Waals surface area contributed by atoms with Gasteiger partial charge in [0.2, 0.25) is 11.8 Å². The van der Waals surface area contributed by atoms with Gasteiger partial charge in [0.1, 0.15) is 44.5 Å². The van der Waals surface area contributed by atoms with Crippen LogP contribution in [0.25, 0.3) is 33.4 Å². The van der Waals surface area contributed by atoms with Crippen molar-refractivity contribution in [3.8, 4) is 33.4 Å². The first-order chi connectivity index (χ1) is 37.1. The third-order valence-electron chi connectivity index (χ3n) is 13.6. The molecule has 4 unspecified atom stereocenters. The molecule has 0 spiro atoms. The Kier molecular flexibility index (Phi) is 18.9. The summed E-state index contributed by atoms with van der Waals surface area (Å²) in [6.45, 7) is 9.79. The summed E-state index contributed by atoms with van der Waals surface area (Å²) in [4.78, 5) is 92.6. The quantitative estimate of drug-likeness (QED) is 0.0455. The number of Topliss-reactive ketones (excluding diaryl/α,β-unsaturated/α-hetero) is 1. The Morgan fingerprint density at radius 1 is 0.377 bits per heavy atom. The van der Waals surface area contributed by atoms with E-state index in [1.807, 2.05) is 84.9 Å². The number of rotatable bonds is 16. The van der Waals surface area contributed by atoms with Gasteiger partial charge in [0.25, 0.3) is 0 Å². The number of ketones is 1. The van der Waals surface area contributed by atoms with Gasteiger partial charge in [-0.25, -0.2) is 14.4 Å². The number of hydrogen-bond donors (Lipinski definition) is 5. The summed E-state index contributed by atoms with van der Waals surface area (Å²) < 4.78 is 16.1. The van der Waals surface area contributed by atoms with Crippen molar-refractivity contribution in [3.63, 3.8) is 0 Å². The van der Waals surface area contributed by atoms with E-state index in [1.165, 1.54) is 65.3 Å². The van der Waals surface area contributed by atoms with Gasteiger partial charge in [0.15, 0.2) is 5.78 Å². The fourth-order valence-electron chi connectivity index (χ4n) is 9.45. The van der Waals surface area contributed by atoms with Crippen LogP contribution in [0.1, 0.15) is 92.7 Å². The van der Waals surface area contributed by atoms with Gasteiger partial charge in [-0.1, -0.05) is 146 Å². The molecule has 6 aromatic carbocycles. The zero-order chi connectivity index (χ0) is 55.2. The van der Waals surface area contributed by atoms with E-state index in [9.17, 15) is 38.4 Å². The Hall–Kier alpha value is -8.92. The van der Waals surface area contributed by atoms with Crippen LogP contribution in [0.4, 0.5) is 14.4 Å². The van der Waals surface area contributed by atoms with Crippen LogP contribution in [0.3, 0.4) is 0 Å². The van der Waals surface area contributed by atoms with E-state index in [0.717, 1.165) is 22.3 Å². The molecule has 0 aliphatic heterocycles. The van der Waals surface area contributed by atoms with Crippen molar-refractivity contribution in [3.05, 3.63) is 179 Å². The van der Waals surface area contributed by atoms with Crippen LogP contribution < -0.4 is 26.6 Å². The second-order valence-electron chi connectivity index (χ2n) is 19.1. The minimum atomic E-state index is -0.916. The number of hydrogen-bond acceptors (Lipinski definition) is 11. The highest BCUT2D eigenvalue weighted by Gasteiger charge is 2.32. The summed E-state index contributed by atoms with van der Waals surface area (Å²) >= 11 is 0. The maximum atomic E-state index is 12.4. The van der Waals surface area contributed by atoms with Crippen molar-refractivity contribution in [2.75, 3.05) is 19.8 Å². The average Bonchev–Trinajstić information content (AvgIpc) is 4.12. The molecule has 5 N–H and O–H groups in total. The molecule has 77 heavy (non-hydrogen) atoms. The molecule has 0 fully saturated rings. The van der Waals surface area contributed by atoms with Crippen molar-refractivity contribution in [2.45, 2.75) is 89.5 Å². The molecule has 0 saturated carbocycles. The molecule has 6 aromatic rings. The van der Waals surface area contributed by atoms with E-state index in [2.05, 4.69) is 87.2 Å². The lowest BCUT2D eigenvalue weighted by Crippen LogP contribution is -2.53. The number of alkyl carbamates (subject to hydrolysis) is 3. The number of carbonyl (C=O) groups excluding carboxylic acids is 8. The number of aldehydes is 2. The van der Waals surface area contributed by atoms with Crippen LogP contribution in [-0.4, -0.2) is 98.5 Å². The summed E-state index contributed by atoms with van der Waals surface area (Å²) in [5, 5.41) is 12.5. The van der Waals surface area contributed by atoms with Gasteiger partial charge in [-0.2, -0.15) is 0 Å². The predicted octanol–water partition coefficient (Wildman–Crippen LogP) is 8.74. The maximum Gasteiger partial charge on any atom is 0.407 e. The van der Waals surface area contributed by atoms with Gasteiger partial charge in [0.05, 0.1) is 18.1 Å². The topological polar surface area (TPSA) is 224 Å². The summed E-state index contributed by atoms with van der Waals surface area (Å²) in [7, 11) is 0. The van der Waals surface area contributed by atoms with Crippen molar-refractivity contribution < 1.29 is 52.6 Å². The lowest BCUT2D eigenvalue weighted by atomic mass is 9.98. The van der Waals surface area contributed by atoms with Gasteiger partial charge >= 0.3 is 18.3 Å². The van der Waals surface area contributed by atoms with Crippen molar-refractivity contribution in [1.82, 2.24) is 26.6 Å². The fourth-order valence-corrected chi connectivity index (χ4v) is 9.45. The molecule has 0 heterocycles. The molecule has 0 bridgehead atoms. The second-order valence-corrected chi connectivity index (χ2v) is 19.1. The summed E-state index contributed by atoms with van der Waals surface area (Å²) in [6, 6.07) is 45.1. The standard InChI is InChI=1S/C25H29N3O5.2C18H17NO3/c1-14(17(4)29)26-23(30)15(2)27-24(31)16(3)28-25(32)33-13-22-20-11-7-5-9-18(20)19-10-6-8-12-21(19)22;2*1-12(10-20)19-18(21)22-11-17-15-8-4-2-6-13(15)14-7-3-5-9-16(14)17/h5-12,14-16,22H,13H2,1-4H3,(H,26,30)(H,27,31)(H,28,32);2*2-10,12,17H,11H2,1H3,(H,19,21)/t;12-;/m.1./s1. The Morgan fingerprint density at radius 2 is 0.610 bits per heavy atom. The summed E-state index contributed by atoms with van der Waals surface area (Å²) in [5.74, 6) is -1.23. The molecule has 16 nitrogen and oxygen atoms in total. The minimum absolute atomic E-state index is 0.0321. The zero-order valence-electron chi connectivity index (χ0n) is 43.7. The molecule has 3 aliphatic rings. The molecule has 398 valence electrons. The third kappa shape index (κ3) is 13.7. The molecule has 0 radical (unpaired) electrons. The number of nitrogens with one attached hydrogen (secondary N) is 5. The Balaban J connectivity index is 0.000000173. The molecule has 5 atom stereocenters. The highest BCUT2D eigenvalue weighted by molar-refractivity contribution is 5.93. The smallest absolute Gasteiger partial charge is 0.407 e. The highest BCUT2D eigenvalue weighted by Crippen LogP contribution is 2.47. The SMILES string of the molecule is CC(=O)C(C)NC(=O)C(C)NC(=O)C(C)NC(=O)OCC1c2ccccc2-c2ccccc21.CC(C=O)NC(=O)OCC1c2ccccc2-c2ccccc21.C[C@H](C=O)NC(=O)OCC1c2ccccc2-c2ccccc21. The predicted molar refractivity (Wildman–Crippen MR) is 291 cm³/mol. The molecule has 16 heteroatoms. The lowest BCUT2D eigenvalue weighted by Gasteiger charge is -2.20. The van der Waals surface area contributed by atoms with Crippen LogP contribution in [0.15, 0.2) is 146 Å². The van der Waals surface area contributed by atoms with Gasteiger partial charge in [0, 0.05) is 17.8 Å². The molecule has 0 saturated heterocycles. The van der Waals surface area contributed by atoms with Gasteiger partial charge in [-0.3, -0.25) is 14.4 Å². The van der Waals surface area contributed by atoms with Crippen molar-refractivity contribution >= 4 is 48.4 Å². The number of amides is 5. The molecule has 9 rings (SSSR count). The first-order valence-electron chi connectivity index (χ1n) is 25.5. The Morgan fingerprint density at radius 3 is 0.870 bits per heavy atom. The molecule has 0 aromatic heterocycles. The van der Waals surface area contributed by atoms with E-state index in [4.69, 9.17) is 14.2 Å². The third-order valence-corrected chi connectivity index (χ3v) is 13.6. The fraction of sp³-hybridized carbons (Fsp3) is 0.279. The van der Waals surface area contributed by atoms with Gasteiger partial charge in [-0.05, 0) is 108 Å².